The Labute approximate surface area is 779 Å². The number of fused-ring (bicyclic) bond motifs is 6. The highest BCUT2D eigenvalue weighted by atomic mass is 16.6. The molecule has 16 atom stereocenters. The van der Waals surface area contributed by atoms with E-state index in [-0.39, 0.29) is 107 Å². The Morgan fingerprint density at radius 1 is 0.669 bits per heavy atom. The summed E-state index contributed by atoms with van der Waals surface area (Å²) in [4.78, 5) is 113. The Balaban J connectivity index is 0.541. The molecule has 2 aromatic carbocycles. The van der Waals surface area contributed by atoms with Crippen LogP contribution in [0.2, 0.25) is 0 Å². The van der Waals surface area contributed by atoms with Crippen LogP contribution in [0, 0.1) is 29.6 Å². The number of methoxy groups -OCH3 is 4. The minimum absolute atomic E-state index is 0.00498. The Bertz CT molecular complexity index is 4660. The number of ketones is 2. The number of oxazole rings is 1. The van der Waals surface area contributed by atoms with Gasteiger partial charge < -0.3 is 123 Å². The molecule has 7 heterocycles. The van der Waals surface area contributed by atoms with Gasteiger partial charge in [-0.1, -0.05) is 82.4 Å². The molecule has 3 aromatic heterocycles. The van der Waals surface area contributed by atoms with Gasteiger partial charge in [0.2, 0.25) is 17.6 Å². The van der Waals surface area contributed by atoms with Crippen molar-refractivity contribution in [3.63, 3.8) is 0 Å². The lowest BCUT2D eigenvalue weighted by Crippen LogP contribution is -2.61. The van der Waals surface area contributed by atoms with Crippen LogP contribution in [0.5, 0.6) is 0 Å². The number of aliphatic hydroxyl groups excluding tert-OH is 1. The molecular formula is C96H142N12O25. The van der Waals surface area contributed by atoms with Crippen molar-refractivity contribution in [3.8, 4) is 11.3 Å². The zero-order valence-corrected chi connectivity index (χ0v) is 79.0. The van der Waals surface area contributed by atoms with Crippen LogP contribution in [0.1, 0.15) is 148 Å². The van der Waals surface area contributed by atoms with Crippen LogP contribution in [0.25, 0.3) is 33.4 Å². The zero-order valence-electron chi connectivity index (χ0n) is 79.0. The van der Waals surface area contributed by atoms with Gasteiger partial charge in [0, 0.05) is 110 Å². The summed E-state index contributed by atoms with van der Waals surface area (Å²) >= 11 is 0. The molecule has 10 N–H and O–H groups in total. The highest BCUT2D eigenvalue weighted by Crippen LogP contribution is 2.40. The molecular weight excluding hydrogens is 1720 g/mol. The summed E-state index contributed by atoms with van der Waals surface area (Å²) in [6.07, 6.45) is 11.7. The van der Waals surface area contributed by atoms with Gasteiger partial charge in [0.15, 0.2) is 17.0 Å². The van der Waals surface area contributed by atoms with Crippen LogP contribution < -0.4 is 27.8 Å². The van der Waals surface area contributed by atoms with E-state index < -0.39 is 108 Å². The van der Waals surface area contributed by atoms with E-state index in [4.69, 9.17) is 97.8 Å². The van der Waals surface area contributed by atoms with Gasteiger partial charge in [0.05, 0.1) is 148 Å². The topological polar surface area (TPSA) is 477 Å². The van der Waals surface area contributed by atoms with Crippen LogP contribution >= 0.6 is 0 Å². The summed E-state index contributed by atoms with van der Waals surface area (Å²) in [5, 5.41) is 35.1. The van der Waals surface area contributed by atoms with Crippen molar-refractivity contribution in [2.45, 2.75) is 218 Å². The number of alkyl carbamates (subject to hydrolysis) is 1. The summed E-state index contributed by atoms with van der Waals surface area (Å²) in [6.45, 7) is 18.2. The molecule has 736 valence electrons. The van der Waals surface area contributed by atoms with Crippen molar-refractivity contribution >= 4 is 75.3 Å². The third-order valence-electron chi connectivity index (χ3n) is 25.4. The van der Waals surface area contributed by atoms with Gasteiger partial charge in [-0.2, -0.15) is 10.1 Å². The zero-order chi connectivity index (χ0) is 95.4. The molecule has 3 fully saturated rings. The van der Waals surface area contributed by atoms with E-state index in [1.54, 1.807) is 34.1 Å². The van der Waals surface area contributed by atoms with Gasteiger partial charge in [-0.3, -0.25) is 24.0 Å². The first-order valence-electron chi connectivity index (χ1n) is 46.8. The van der Waals surface area contributed by atoms with E-state index in [0.717, 1.165) is 28.7 Å². The number of piperidine rings is 1. The van der Waals surface area contributed by atoms with Crippen molar-refractivity contribution in [2.24, 2.45) is 35.3 Å². The fourth-order valence-electron chi connectivity index (χ4n) is 17.7. The van der Waals surface area contributed by atoms with E-state index in [2.05, 4.69) is 43.8 Å². The number of benzene rings is 2. The quantitative estimate of drug-likeness (QED) is 0.00848. The number of nitrogen functional groups attached to an aromatic ring is 2. The minimum Gasteiger partial charge on any atom is -0.459 e. The molecule has 0 radical (unpaired) electrons. The summed E-state index contributed by atoms with van der Waals surface area (Å²) in [5.41, 5.74) is 27.2. The number of rotatable bonds is 41. The monoisotopic (exact) mass is 1860 g/mol. The van der Waals surface area contributed by atoms with Crippen LogP contribution in [-0.4, -0.2) is 313 Å². The molecule has 1 saturated carbocycles. The molecule has 1 aliphatic carbocycles. The number of esters is 1. The number of aliphatic hydroxyl groups is 2. The van der Waals surface area contributed by atoms with Gasteiger partial charge >= 0.3 is 12.1 Å². The summed E-state index contributed by atoms with van der Waals surface area (Å²) in [5.74, 6) is -7.28. The first kappa shape index (κ1) is 106. The molecule has 0 spiro atoms. The maximum Gasteiger partial charge on any atom is 0.407 e. The molecule has 4 aliphatic heterocycles. The summed E-state index contributed by atoms with van der Waals surface area (Å²) in [7, 11) is 6.04. The van der Waals surface area contributed by atoms with E-state index in [1.165, 1.54) is 31.0 Å². The number of aromatic nitrogens is 5. The first-order valence-corrected chi connectivity index (χ1v) is 46.8. The highest BCUT2D eigenvalue weighted by molar-refractivity contribution is 6.39. The number of ether oxygens (including phenoxy) is 15. The molecule has 0 unspecified atom stereocenters. The van der Waals surface area contributed by atoms with Crippen molar-refractivity contribution in [1.29, 1.82) is 0 Å². The molecule has 4 amide bonds. The highest BCUT2D eigenvalue weighted by Gasteiger charge is 2.53. The molecule has 10 rings (SSSR count). The van der Waals surface area contributed by atoms with Gasteiger partial charge in [-0.25, -0.2) is 24.2 Å². The van der Waals surface area contributed by atoms with Crippen molar-refractivity contribution < 1.29 is 119 Å². The Morgan fingerprint density at radius 2 is 1.34 bits per heavy atom. The van der Waals surface area contributed by atoms with E-state index in [1.807, 2.05) is 85.9 Å². The Hall–Kier alpha value is -9.13. The standard InChI is InChI=1S/C96H142N12O25/c1-61-16-12-11-13-17-62(2)78(118-7)56-72-24-19-66(6)96(117,133-72)89(113)92(114)107-32-15-14-18-75(107)93(115)130-80(57-79(119-8)63(3)51-65(5)87(112)88(121-10)86(111)64(4)50-61)73(97)53-67-21-25-77(81(54-67)120-9)132-95(116)101-31-37-125-41-45-129-48-46-126-42-38-122-34-28-82(109)100-30-36-124-40-44-128-49-47-127-43-39-123-35-29-83(110)106-33-27-69-52-68(20-22-71(69)59-106)58-108-91-84(90(98)102-60-103-91)85(105-108)70-23-26-76-74(55-70)104-94(99)131-76/h11-13,16-17,20,22-23,26,51-52,55,60-61,63-64,66-67,72-73,75,77-81,87-88,112,117H,14-15,18-19,21,24-25,27-50,53-54,56-59,97H2,1-10H3,(H2,99,104)(H,100,109)(H,101,116)(H2,98,102,103)/b13-11+,16-12+,62-17+,65-51+/t61-,63-,64-,66-,67+,72+,73-,75+,77-,78+,79-,80+,81-,87-,88+,96-/m1/s1. The number of allylic oxidation sites excluding steroid dienone is 5. The molecule has 5 aromatic rings. The predicted octanol–water partition coefficient (Wildman–Crippen LogP) is 7.83. The van der Waals surface area contributed by atoms with Crippen molar-refractivity contribution in [2.75, 3.05) is 172 Å². The van der Waals surface area contributed by atoms with E-state index in [0.29, 0.717) is 202 Å². The lowest BCUT2D eigenvalue weighted by atomic mass is 9.80. The first-order chi connectivity index (χ1) is 64.2. The third kappa shape index (κ3) is 31.7. The smallest absolute Gasteiger partial charge is 0.407 e. The number of carbonyl (C=O) groups is 7. The summed E-state index contributed by atoms with van der Waals surface area (Å²) < 4.78 is 94.5. The van der Waals surface area contributed by atoms with Crippen LogP contribution in [0.4, 0.5) is 16.6 Å². The number of carbonyl (C=O) groups excluding carboxylic acids is 7. The van der Waals surface area contributed by atoms with E-state index >= 15 is 0 Å². The van der Waals surface area contributed by atoms with Gasteiger partial charge in [0.25, 0.3) is 17.7 Å². The van der Waals surface area contributed by atoms with Crippen molar-refractivity contribution in [1.82, 2.24) is 45.2 Å². The van der Waals surface area contributed by atoms with Crippen LogP contribution in [0.3, 0.4) is 0 Å². The molecule has 37 nitrogen and oxygen atoms in total. The normalized spacial score (nSPS) is 26.8. The van der Waals surface area contributed by atoms with Crippen molar-refractivity contribution in [3.05, 3.63) is 107 Å². The van der Waals surface area contributed by atoms with Crippen LogP contribution in [0.15, 0.2) is 94.7 Å². The fraction of sp³-hybridized carbons (Fsp3) is 0.656. The lowest BCUT2D eigenvalue weighted by Gasteiger charge is -2.43. The molecule has 2 bridgehead atoms. The number of nitrogens with one attached hydrogen (secondary N) is 2. The van der Waals surface area contributed by atoms with Crippen LogP contribution in [-0.2, 0) is 119 Å². The SMILES string of the molecule is CO[C@H]1C[C@@H]2CC[C@@H](C)[C@@](O)(O2)C(=O)C(=O)N2CCCC[C@H]2C(=O)O[C@H]([C@H](N)C[C@@H]2CC[C@@H](OC(=O)NCCOCCOCCOCCOCCC(=O)NCCOCCOCCOCCOCCC(=O)N3CCc4cc(Cn5nc(-c6ccc7oc(N)nc7c6)c6c(N)ncnc65)ccc4C3)[C@H](OC)C2)C[C@@H](OC)[C@H](C)/C=C(\C)[C@@H](O)[C@@H](OC)C(=O)[C@H](C)C[C@H](C)/C=C/C=C/C=C/1C. The van der Waals surface area contributed by atoms with Gasteiger partial charge in [-0.15, -0.1) is 0 Å². The number of anilines is 2. The Morgan fingerprint density at radius 3 is 2.02 bits per heavy atom. The maximum atomic E-state index is 14.9. The number of cyclic esters (lactones) is 1. The predicted molar refractivity (Wildman–Crippen MR) is 493 cm³/mol. The maximum absolute atomic E-state index is 14.9. The number of Topliss-reactive ketones (excluding diaryl/α,β-unsaturated/α-hetero) is 2. The summed E-state index contributed by atoms with van der Waals surface area (Å²) in [6, 6.07) is 9.88. The molecule has 37 heteroatoms. The third-order valence-corrected chi connectivity index (χ3v) is 25.4. The second kappa shape index (κ2) is 54.6. The average molecular weight is 1860 g/mol. The second-order valence-corrected chi connectivity index (χ2v) is 35.1. The van der Waals surface area contributed by atoms with Gasteiger partial charge in [-0.05, 0) is 142 Å². The number of hydrogen-bond donors (Lipinski definition) is 7. The average Bonchev–Trinajstić information content (AvgIpc) is 1.65. The Kier molecular flexibility index (Phi) is 43.5. The molecule has 2 saturated heterocycles. The second-order valence-electron chi connectivity index (χ2n) is 35.1. The number of nitrogens with two attached hydrogens (primary N) is 3. The number of amides is 4. The largest absolute Gasteiger partial charge is 0.459 e. The number of hydrogen-bond acceptors (Lipinski definition) is 32. The minimum atomic E-state index is -2.48. The lowest BCUT2D eigenvalue weighted by molar-refractivity contribution is -0.265. The molecule has 5 aliphatic rings. The van der Waals surface area contributed by atoms with Gasteiger partial charge in [0.1, 0.15) is 53.8 Å². The fourth-order valence-corrected chi connectivity index (χ4v) is 17.7. The van der Waals surface area contributed by atoms with E-state index in [9.17, 15) is 43.8 Å². The molecule has 133 heavy (non-hydrogen) atoms. The number of nitrogens with zero attached hydrogens (tertiary/aromatic N) is 7.